The van der Waals surface area contributed by atoms with Gasteiger partial charge in [0.25, 0.3) is 20.2 Å². The van der Waals surface area contributed by atoms with Gasteiger partial charge in [-0.2, -0.15) is 21.0 Å². The van der Waals surface area contributed by atoms with Crippen LogP contribution in [0, 0.1) is 0 Å². The van der Waals surface area contributed by atoms with Crippen LogP contribution in [0.2, 0.25) is 0 Å². The maximum Gasteiger partial charge on any atom is 0.331 e. The molecule has 17 nitrogen and oxygen atoms in total. The molecule has 0 rings (SSSR count). The van der Waals surface area contributed by atoms with Crippen molar-refractivity contribution < 1.29 is 73.0 Å². The molecule has 6 N–H and O–H groups in total. The first-order valence-corrected chi connectivity index (χ1v) is 12.2. The van der Waals surface area contributed by atoms with Gasteiger partial charge in [0, 0.05) is 6.54 Å². The molecule has 2 unspecified atom stereocenters. The van der Waals surface area contributed by atoms with Crippen molar-refractivity contribution in [3.63, 3.8) is 0 Å². The smallest absolute Gasteiger partial charge is 0.331 e. The van der Waals surface area contributed by atoms with Gasteiger partial charge < -0.3 is 25.0 Å². The fourth-order valence-electron chi connectivity index (χ4n) is 1.84. The van der Waals surface area contributed by atoms with Crippen LogP contribution in [0.5, 0.6) is 0 Å². The molecule has 0 saturated heterocycles. The minimum atomic E-state index is -5.32. The highest BCUT2D eigenvalue weighted by Gasteiger charge is 2.38. The third-order valence-corrected chi connectivity index (χ3v) is 5.43. The SMILES string of the molecule is O=C(CC(C(=O)OCC(CO)(CO)NCCOS(=O)O)S(=O)(=O)O)OC(=O)CS(=O)(=O)O. The van der Waals surface area contributed by atoms with Crippen molar-refractivity contribution in [2.75, 3.05) is 38.7 Å². The van der Waals surface area contributed by atoms with E-state index in [-0.39, 0.29) is 6.54 Å². The molecule has 0 aliphatic rings. The molecule has 0 fully saturated rings. The number of hydrogen-bond donors (Lipinski definition) is 6. The number of carbonyl (C=O) groups is 3. The number of nitrogens with one attached hydrogen (secondary N) is 1. The monoisotopic (exact) mass is 531 g/mol. The first-order chi connectivity index (χ1) is 14.5. The average molecular weight is 531 g/mol. The molecule has 32 heavy (non-hydrogen) atoms. The van der Waals surface area contributed by atoms with Crippen molar-refractivity contribution in [1.82, 2.24) is 5.32 Å². The van der Waals surface area contributed by atoms with Crippen molar-refractivity contribution in [3.8, 4) is 0 Å². The fourth-order valence-corrected chi connectivity index (χ4v) is 3.08. The second-order valence-corrected chi connectivity index (χ2v) is 9.67. The third kappa shape index (κ3) is 12.4. The molecule has 0 radical (unpaired) electrons. The Hall–Kier alpha value is -1.62. The summed E-state index contributed by atoms with van der Waals surface area (Å²) >= 11 is -2.60. The lowest BCUT2D eigenvalue weighted by Crippen LogP contribution is -2.57. The molecule has 0 aliphatic heterocycles. The zero-order chi connectivity index (χ0) is 25.2. The minimum Gasteiger partial charge on any atom is -0.462 e. The molecular weight excluding hydrogens is 510 g/mol. The van der Waals surface area contributed by atoms with Crippen LogP contribution in [0.3, 0.4) is 0 Å². The lowest BCUT2D eigenvalue weighted by Gasteiger charge is -2.30. The first-order valence-electron chi connectivity index (χ1n) is 8.07. The summed E-state index contributed by atoms with van der Waals surface area (Å²) in [6.45, 7) is -3.38. The van der Waals surface area contributed by atoms with Crippen molar-refractivity contribution >= 4 is 49.5 Å². The van der Waals surface area contributed by atoms with Gasteiger partial charge in [-0.1, -0.05) is 0 Å². The zero-order valence-electron chi connectivity index (χ0n) is 16.0. The van der Waals surface area contributed by atoms with Crippen LogP contribution in [0.25, 0.3) is 0 Å². The Morgan fingerprint density at radius 3 is 2.03 bits per heavy atom. The van der Waals surface area contributed by atoms with Gasteiger partial charge >= 0.3 is 29.3 Å². The second-order valence-electron chi connectivity index (χ2n) is 5.95. The van der Waals surface area contributed by atoms with E-state index >= 15 is 0 Å². The summed E-state index contributed by atoms with van der Waals surface area (Å²) in [5.41, 5.74) is -1.80. The summed E-state index contributed by atoms with van der Waals surface area (Å²) in [6.07, 6.45) is -1.50. The van der Waals surface area contributed by atoms with E-state index in [0.717, 1.165) is 0 Å². The largest absolute Gasteiger partial charge is 0.462 e. The maximum atomic E-state index is 12.1. The Bertz CT molecular complexity index is 893. The Kier molecular flexibility index (Phi) is 12.5. The lowest BCUT2D eigenvalue weighted by molar-refractivity contribution is -0.160. The van der Waals surface area contributed by atoms with Gasteiger partial charge in [-0.15, -0.1) is 0 Å². The number of hydrogen-bond acceptors (Lipinski definition) is 14. The topological polar surface area (TPSA) is 277 Å². The Labute approximate surface area is 184 Å². The molecule has 0 heterocycles. The van der Waals surface area contributed by atoms with Crippen LogP contribution in [0.15, 0.2) is 0 Å². The van der Waals surface area contributed by atoms with Crippen molar-refractivity contribution in [1.29, 1.82) is 0 Å². The van der Waals surface area contributed by atoms with Gasteiger partial charge in [-0.25, -0.2) is 0 Å². The highest BCUT2D eigenvalue weighted by atomic mass is 32.2. The van der Waals surface area contributed by atoms with Crippen LogP contribution >= 0.6 is 0 Å². The number of esters is 3. The summed E-state index contributed by atoms with van der Waals surface area (Å²) in [4.78, 5) is 34.8. The molecule has 0 aromatic rings. The van der Waals surface area contributed by atoms with E-state index in [2.05, 4.69) is 19.0 Å². The highest BCUT2D eigenvalue weighted by molar-refractivity contribution is 7.87. The average Bonchev–Trinajstić information content (AvgIpc) is 2.63. The van der Waals surface area contributed by atoms with Gasteiger partial charge in [0.1, 0.15) is 6.61 Å². The third-order valence-electron chi connectivity index (χ3n) is 3.38. The number of aliphatic hydroxyl groups is 2. The minimum absolute atomic E-state index is 0.255. The maximum absolute atomic E-state index is 12.1. The number of aliphatic hydroxyl groups excluding tert-OH is 2. The van der Waals surface area contributed by atoms with E-state index < -0.39 is 98.9 Å². The van der Waals surface area contributed by atoms with Crippen molar-refractivity contribution in [2.24, 2.45) is 0 Å². The predicted molar refractivity (Wildman–Crippen MR) is 100 cm³/mol. The van der Waals surface area contributed by atoms with Crippen LogP contribution in [0.4, 0.5) is 0 Å². The van der Waals surface area contributed by atoms with Crippen LogP contribution in [0.1, 0.15) is 6.42 Å². The van der Waals surface area contributed by atoms with Gasteiger partial charge in [0.2, 0.25) is 0 Å². The molecule has 20 heteroatoms. The van der Waals surface area contributed by atoms with Crippen molar-refractivity contribution in [3.05, 3.63) is 0 Å². The van der Waals surface area contributed by atoms with E-state index in [1.54, 1.807) is 0 Å². The molecule has 0 spiro atoms. The molecule has 0 amide bonds. The van der Waals surface area contributed by atoms with Crippen molar-refractivity contribution in [2.45, 2.75) is 17.2 Å². The quantitative estimate of drug-likeness (QED) is 0.0382. The first kappa shape index (κ1) is 30.4. The van der Waals surface area contributed by atoms with E-state index in [9.17, 15) is 45.6 Å². The van der Waals surface area contributed by atoms with Crippen LogP contribution in [-0.4, -0.2) is 112 Å². The molecule has 0 aliphatic carbocycles. The highest BCUT2D eigenvalue weighted by Crippen LogP contribution is 2.12. The van der Waals surface area contributed by atoms with Gasteiger partial charge in [0.05, 0.1) is 31.8 Å². The number of ether oxygens (including phenoxy) is 2. The van der Waals surface area contributed by atoms with Crippen LogP contribution in [-0.2, 0) is 59.6 Å². The summed E-state index contributed by atoms with van der Waals surface area (Å²) < 4.78 is 93.1. The van der Waals surface area contributed by atoms with Gasteiger partial charge in [0.15, 0.2) is 11.0 Å². The summed E-state index contributed by atoms with van der Waals surface area (Å²) in [6, 6.07) is 0. The molecular formula is C12H21NO16S3. The van der Waals surface area contributed by atoms with E-state index in [4.69, 9.17) is 13.7 Å². The summed E-state index contributed by atoms with van der Waals surface area (Å²) in [5.74, 6) is -6.97. The number of rotatable bonds is 15. The lowest BCUT2D eigenvalue weighted by atomic mass is 10.0. The molecule has 0 bridgehead atoms. The Morgan fingerprint density at radius 2 is 1.59 bits per heavy atom. The normalized spacial score (nSPS) is 14.4. The molecule has 2 atom stereocenters. The second kappa shape index (κ2) is 13.2. The number of carbonyl (C=O) groups excluding carboxylic acids is 3. The van der Waals surface area contributed by atoms with Crippen LogP contribution < -0.4 is 5.32 Å². The summed E-state index contributed by atoms with van der Waals surface area (Å²) in [7, 11) is -10.2. The fraction of sp³-hybridized carbons (Fsp3) is 0.750. The summed E-state index contributed by atoms with van der Waals surface area (Å²) in [5, 5.41) is 18.6. The zero-order valence-corrected chi connectivity index (χ0v) is 18.4. The molecule has 0 aromatic carbocycles. The van der Waals surface area contributed by atoms with Gasteiger partial charge in [-0.3, -0.25) is 32.2 Å². The molecule has 0 aromatic heterocycles. The van der Waals surface area contributed by atoms with E-state index in [0.29, 0.717) is 0 Å². The van der Waals surface area contributed by atoms with Gasteiger partial charge in [-0.05, 0) is 0 Å². The standard InChI is InChI=1S/C12H21NO16S3/c14-5-12(6-15,13-1-2-28-30(19)20)7-27-11(18)8(32(24,25)26)3-9(16)29-10(17)4-31(21,22)23/h8,13-15H,1-7H2,(H,19,20)(H,21,22,23)(H,24,25,26). The Morgan fingerprint density at radius 1 is 1.03 bits per heavy atom. The predicted octanol–water partition coefficient (Wildman–Crippen LogP) is -4.40. The van der Waals surface area contributed by atoms with E-state index in [1.807, 2.05) is 0 Å². The molecule has 0 saturated carbocycles. The molecule has 188 valence electrons. The Balaban J connectivity index is 5.15. The van der Waals surface area contributed by atoms with E-state index in [1.165, 1.54) is 0 Å².